The second-order valence-electron chi connectivity index (χ2n) is 6.31. The molecule has 6 nitrogen and oxygen atoms in total. The molecule has 2 heterocycles. The van der Waals surface area contributed by atoms with Crippen molar-refractivity contribution in [2.45, 2.75) is 43.2 Å². The molecule has 0 fully saturated rings. The smallest absolute Gasteiger partial charge is 0.270 e. The number of rotatable bonds is 6. The Bertz CT molecular complexity index is 923. The van der Waals surface area contributed by atoms with E-state index >= 15 is 0 Å². The van der Waals surface area contributed by atoms with Gasteiger partial charge >= 0.3 is 0 Å². The van der Waals surface area contributed by atoms with Gasteiger partial charge in [-0.15, -0.1) is 0 Å². The first-order valence-electron chi connectivity index (χ1n) is 8.34. The van der Waals surface area contributed by atoms with Crippen molar-refractivity contribution in [2.75, 3.05) is 0 Å². The van der Waals surface area contributed by atoms with Crippen molar-refractivity contribution in [1.29, 1.82) is 0 Å². The predicted octanol–water partition coefficient (Wildman–Crippen LogP) is 4.82. The fraction of sp³-hybridized carbons (Fsp3) is 0.263. The molecule has 0 atom stereocenters. The third-order valence-electron chi connectivity index (χ3n) is 3.99. The number of hydrogen-bond donors (Lipinski definition) is 0. The van der Waals surface area contributed by atoms with Gasteiger partial charge in [0, 0.05) is 29.4 Å². The van der Waals surface area contributed by atoms with Crippen molar-refractivity contribution in [1.82, 2.24) is 14.5 Å². The summed E-state index contributed by atoms with van der Waals surface area (Å²) < 4.78 is 2.15. The van der Waals surface area contributed by atoms with Gasteiger partial charge in [0.2, 0.25) is 0 Å². The first-order chi connectivity index (χ1) is 12.5. The van der Waals surface area contributed by atoms with Crippen LogP contribution in [0.15, 0.2) is 58.7 Å². The van der Waals surface area contributed by atoms with Gasteiger partial charge < -0.3 is 4.57 Å². The van der Waals surface area contributed by atoms with E-state index in [1.54, 1.807) is 18.3 Å². The molecule has 3 aromatic rings. The Hall–Kier alpha value is -2.67. The molecule has 0 aliphatic carbocycles. The van der Waals surface area contributed by atoms with Crippen LogP contribution in [0.3, 0.4) is 0 Å². The highest BCUT2D eigenvalue weighted by Crippen LogP contribution is 2.36. The molecule has 0 unspecified atom stereocenters. The molecular formula is C19H20N4O2S. The number of hydrogen-bond acceptors (Lipinski definition) is 5. The van der Waals surface area contributed by atoms with E-state index in [1.165, 1.54) is 17.8 Å². The van der Waals surface area contributed by atoms with Crippen molar-refractivity contribution in [2.24, 2.45) is 0 Å². The summed E-state index contributed by atoms with van der Waals surface area (Å²) >= 11 is 1.52. The summed E-state index contributed by atoms with van der Waals surface area (Å²) in [4.78, 5) is 20.5. The molecule has 0 aliphatic heterocycles. The van der Waals surface area contributed by atoms with Gasteiger partial charge in [0.25, 0.3) is 5.69 Å². The van der Waals surface area contributed by atoms with Gasteiger partial charge in [0.15, 0.2) is 0 Å². The highest BCUT2D eigenvalue weighted by molar-refractivity contribution is 7.99. The lowest BCUT2D eigenvalue weighted by Gasteiger charge is -2.12. The van der Waals surface area contributed by atoms with Crippen LogP contribution in [0, 0.1) is 17.0 Å². The van der Waals surface area contributed by atoms with Crippen LogP contribution in [-0.4, -0.2) is 19.5 Å². The summed E-state index contributed by atoms with van der Waals surface area (Å²) in [5, 5.41) is 12.1. The van der Waals surface area contributed by atoms with Gasteiger partial charge in [-0.25, -0.2) is 4.98 Å². The van der Waals surface area contributed by atoms with Crippen molar-refractivity contribution < 1.29 is 4.92 Å². The third kappa shape index (κ3) is 3.94. The second kappa shape index (κ2) is 7.70. The molecule has 0 N–H and O–H groups in total. The minimum absolute atomic E-state index is 0.0937. The molecule has 0 aliphatic rings. The lowest BCUT2D eigenvalue weighted by molar-refractivity contribution is -0.385. The lowest BCUT2D eigenvalue weighted by atomic mass is 10.1. The molecule has 0 spiro atoms. The monoisotopic (exact) mass is 368 g/mol. The summed E-state index contributed by atoms with van der Waals surface area (Å²) in [6.45, 7) is 6.86. The molecule has 26 heavy (non-hydrogen) atoms. The molecule has 0 saturated carbocycles. The summed E-state index contributed by atoms with van der Waals surface area (Å²) in [5.74, 6) is 1.18. The normalized spacial score (nSPS) is 11.1. The zero-order valence-electron chi connectivity index (χ0n) is 14.9. The van der Waals surface area contributed by atoms with Crippen LogP contribution in [0.25, 0.3) is 0 Å². The van der Waals surface area contributed by atoms with Crippen molar-refractivity contribution in [3.05, 3.63) is 76.0 Å². The number of imidazole rings is 1. The Morgan fingerprint density at radius 1 is 1.27 bits per heavy atom. The molecule has 7 heteroatoms. The average molecular weight is 368 g/mol. The van der Waals surface area contributed by atoms with E-state index < -0.39 is 0 Å². The molecule has 2 aromatic heterocycles. The van der Waals surface area contributed by atoms with Crippen LogP contribution in [0.1, 0.15) is 36.8 Å². The summed E-state index contributed by atoms with van der Waals surface area (Å²) in [5.41, 5.74) is 2.18. The highest BCUT2D eigenvalue weighted by atomic mass is 32.2. The Morgan fingerprint density at radius 2 is 2.08 bits per heavy atom. The molecule has 0 saturated heterocycles. The zero-order valence-corrected chi connectivity index (χ0v) is 15.7. The molecule has 0 amide bonds. The zero-order chi connectivity index (χ0) is 18.7. The third-order valence-corrected chi connectivity index (χ3v) is 5.10. The summed E-state index contributed by atoms with van der Waals surface area (Å²) in [6, 6.07) is 10.7. The van der Waals surface area contributed by atoms with E-state index in [0.717, 1.165) is 27.0 Å². The van der Waals surface area contributed by atoms with Gasteiger partial charge in [-0.05, 0) is 30.5 Å². The van der Waals surface area contributed by atoms with Crippen LogP contribution in [0.5, 0.6) is 0 Å². The SMILES string of the molecule is Cc1nc(C(C)C)c(Sc2cccc([N+](=O)[O-])c2)n1Cc1cccnc1. The standard InChI is InChI=1S/C19H20N4O2S/c1-13(2)18-19(26-17-8-4-7-16(10-17)23(24)25)22(14(3)21-18)12-15-6-5-9-20-11-15/h4-11,13H,12H2,1-3H3. The van der Waals surface area contributed by atoms with Gasteiger partial charge in [0.1, 0.15) is 10.9 Å². The van der Waals surface area contributed by atoms with Gasteiger partial charge in [0.05, 0.1) is 17.2 Å². The number of nitrogens with zero attached hydrogens (tertiary/aromatic N) is 4. The molecule has 0 bridgehead atoms. The number of benzene rings is 1. The molecule has 1 aromatic carbocycles. The first-order valence-corrected chi connectivity index (χ1v) is 9.15. The van der Waals surface area contributed by atoms with Gasteiger partial charge in [-0.2, -0.15) is 0 Å². The van der Waals surface area contributed by atoms with E-state index in [0.29, 0.717) is 6.54 Å². The summed E-state index contributed by atoms with van der Waals surface area (Å²) in [7, 11) is 0. The Balaban J connectivity index is 2.01. The van der Waals surface area contributed by atoms with E-state index in [2.05, 4.69) is 23.4 Å². The number of aromatic nitrogens is 3. The van der Waals surface area contributed by atoms with E-state index in [4.69, 9.17) is 4.98 Å². The minimum Gasteiger partial charge on any atom is -0.318 e. The van der Waals surface area contributed by atoms with Crippen molar-refractivity contribution in [3.8, 4) is 0 Å². The van der Waals surface area contributed by atoms with Crippen LogP contribution in [-0.2, 0) is 6.54 Å². The predicted molar refractivity (Wildman–Crippen MR) is 102 cm³/mol. The number of pyridine rings is 1. The summed E-state index contributed by atoms with van der Waals surface area (Å²) in [6.07, 6.45) is 3.60. The number of nitro benzene ring substituents is 1. The maximum atomic E-state index is 11.1. The number of non-ortho nitro benzene ring substituents is 1. The quantitative estimate of drug-likeness (QED) is 0.461. The first kappa shape index (κ1) is 18.1. The van der Waals surface area contributed by atoms with Crippen molar-refractivity contribution >= 4 is 17.4 Å². The average Bonchev–Trinajstić information content (AvgIpc) is 2.92. The number of nitro groups is 1. The van der Waals surface area contributed by atoms with Crippen LogP contribution >= 0.6 is 11.8 Å². The number of aryl methyl sites for hydroxylation is 1. The van der Waals surface area contributed by atoms with Crippen LogP contribution < -0.4 is 0 Å². The second-order valence-corrected chi connectivity index (χ2v) is 7.37. The maximum Gasteiger partial charge on any atom is 0.270 e. The minimum atomic E-state index is -0.369. The molecule has 134 valence electrons. The fourth-order valence-corrected chi connectivity index (χ4v) is 3.93. The van der Waals surface area contributed by atoms with E-state index in [9.17, 15) is 10.1 Å². The molecular weight excluding hydrogens is 348 g/mol. The van der Waals surface area contributed by atoms with Gasteiger partial charge in [-0.3, -0.25) is 15.1 Å². The molecule has 3 rings (SSSR count). The lowest BCUT2D eigenvalue weighted by Crippen LogP contribution is -2.04. The van der Waals surface area contributed by atoms with Gasteiger partial charge in [-0.1, -0.05) is 37.7 Å². The Labute approximate surface area is 156 Å². The Kier molecular flexibility index (Phi) is 5.37. The maximum absolute atomic E-state index is 11.1. The van der Waals surface area contributed by atoms with E-state index in [1.807, 2.05) is 31.3 Å². The van der Waals surface area contributed by atoms with E-state index in [-0.39, 0.29) is 16.5 Å². The van der Waals surface area contributed by atoms with Crippen molar-refractivity contribution in [3.63, 3.8) is 0 Å². The van der Waals surface area contributed by atoms with Crippen LogP contribution in [0.4, 0.5) is 5.69 Å². The Morgan fingerprint density at radius 3 is 2.73 bits per heavy atom. The fourth-order valence-electron chi connectivity index (χ4n) is 2.68. The largest absolute Gasteiger partial charge is 0.318 e. The topological polar surface area (TPSA) is 73.8 Å². The van der Waals surface area contributed by atoms with Crippen LogP contribution in [0.2, 0.25) is 0 Å². The molecule has 0 radical (unpaired) electrons. The highest BCUT2D eigenvalue weighted by Gasteiger charge is 2.19.